The quantitative estimate of drug-likeness (QED) is 0.204. The average molecular weight is 591 g/mol. The number of halogens is 10. The molecule has 1 aromatic heterocycles. The molecule has 0 amide bonds. The first-order chi connectivity index (χ1) is 12.3. The predicted molar refractivity (Wildman–Crippen MR) is 116 cm³/mol. The number of hydrogen-bond acceptors (Lipinski definition) is 4. The Hall–Kier alpha value is 0.830. The molecule has 0 radical (unpaired) electrons. The molecule has 14 heteroatoms. The molecule has 0 atom stereocenters. The highest BCUT2D eigenvalue weighted by atomic mass is 35.5. The molecule has 0 saturated heterocycles. The van der Waals surface area contributed by atoms with Crippen molar-refractivity contribution in [2.24, 2.45) is 0 Å². The lowest BCUT2D eigenvalue weighted by atomic mass is 10.2. The Morgan fingerprint density at radius 3 is 1.00 bits per heavy atom. The summed E-state index contributed by atoms with van der Waals surface area (Å²) < 4.78 is 0. The third kappa shape index (κ3) is 5.93. The minimum absolute atomic E-state index is 0.00926. The molecule has 0 aliphatic carbocycles. The topological polar surface area (TPSA) is 51.2 Å². The van der Waals surface area contributed by atoms with Crippen LogP contribution in [0.5, 0.6) is 0 Å². The molecule has 0 fully saturated rings. The van der Waals surface area contributed by atoms with Gasteiger partial charge in [0, 0.05) is 0 Å². The molecule has 0 bridgehead atoms. The molecule has 0 N–H and O–H groups in total. The van der Waals surface area contributed by atoms with Crippen molar-refractivity contribution in [1.29, 1.82) is 0 Å². The Kier molecular flexibility index (Phi) is 10.3. The molecule has 0 aliphatic heterocycles. The van der Waals surface area contributed by atoms with Gasteiger partial charge in [-0.3, -0.25) is 14.4 Å². The lowest BCUT2D eigenvalue weighted by Crippen LogP contribution is -1.94. The summed E-state index contributed by atoms with van der Waals surface area (Å²) in [5.74, 6) is 0. The summed E-state index contributed by atoms with van der Waals surface area (Å²) in [5.41, 5.74) is -0.144. The predicted octanol–water partition coefficient (Wildman–Crippen LogP) is 9.15. The van der Waals surface area contributed by atoms with E-state index in [1.165, 1.54) is 0 Å². The number of carbonyl (C=O) groups excluding carboxylic acids is 3. The smallest absolute Gasteiger partial charge is 0.263 e. The standard InChI is InChI=1S/C7Cl6O.C6Cl4O2S/c8-2-1(7(13)14)3(9)5(11)6(12)4(2)10;7-1-2(8)4(6(10)12)13-3(1)5(9)11. The maximum atomic E-state index is 10.9. The van der Waals surface area contributed by atoms with Crippen LogP contribution in [-0.2, 0) is 0 Å². The molecule has 1 heterocycles. The minimum atomic E-state index is -0.847. The Labute approximate surface area is 206 Å². The van der Waals surface area contributed by atoms with Crippen molar-refractivity contribution in [3.8, 4) is 0 Å². The number of carbonyl (C=O) groups is 3. The first kappa shape index (κ1) is 25.9. The third-order valence-electron chi connectivity index (χ3n) is 2.56. The Bertz CT molecular complexity index is 889. The molecule has 0 unspecified atom stereocenters. The van der Waals surface area contributed by atoms with Crippen molar-refractivity contribution in [3.05, 3.63) is 50.5 Å². The molecular weight excluding hydrogens is 591 g/mol. The molecule has 2 rings (SSSR count). The lowest BCUT2D eigenvalue weighted by molar-refractivity contribution is 0.107. The zero-order chi connectivity index (χ0) is 21.2. The SMILES string of the molecule is O=C(Cl)c1c(Cl)c(Cl)c(Cl)c(Cl)c1Cl.O=C(Cl)c1sc(C(=O)Cl)c(Cl)c1Cl. The molecule has 146 valence electrons. The largest absolute Gasteiger partial charge is 0.275 e. The summed E-state index contributed by atoms with van der Waals surface area (Å²) in [5, 5.41) is -2.76. The molecule has 0 spiro atoms. The zero-order valence-electron chi connectivity index (χ0n) is 11.9. The van der Waals surface area contributed by atoms with Gasteiger partial charge in [-0.2, -0.15) is 0 Å². The van der Waals surface area contributed by atoms with Crippen LogP contribution in [0.4, 0.5) is 0 Å². The van der Waals surface area contributed by atoms with Crippen LogP contribution in [0.2, 0.25) is 35.2 Å². The lowest BCUT2D eigenvalue weighted by Gasteiger charge is -2.08. The van der Waals surface area contributed by atoms with Crippen LogP contribution in [0.15, 0.2) is 0 Å². The van der Waals surface area contributed by atoms with E-state index in [-0.39, 0.29) is 50.5 Å². The van der Waals surface area contributed by atoms with E-state index in [1.807, 2.05) is 0 Å². The van der Waals surface area contributed by atoms with Crippen LogP contribution >= 0.6 is 127 Å². The van der Waals surface area contributed by atoms with Crippen LogP contribution in [0, 0.1) is 0 Å². The number of hydrogen-bond donors (Lipinski definition) is 0. The second kappa shape index (κ2) is 10.7. The number of rotatable bonds is 3. The van der Waals surface area contributed by atoms with Crippen molar-refractivity contribution >= 4 is 143 Å². The minimum Gasteiger partial charge on any atom is -0.275 e. The van der Waals surface area contributed by atoms with E-state index in [1.54, 1.807) is 0 Å². The molecule has 1 aromatic carbocycles. The van der Waals surface area contributed by atoms with Gasteiger partial charge in [0.2, 0.25) is 0 Å². The van der Waals surface area contributed by atoms with Gasteiger partial charge in [0.1, 0.15) is 9.75 Å². The summed E-state index contributed by atoms with van der Waals surface area (Å²) >= 11 is 56.1. The fourth-order valence-electron chi connectivity index (χ4n) is 1.42. The highest BCUT2D eigenvalue weighted by Crippen LogP contribution is 2.44. The van der Waals surface area contributed by atoms with Crippen molar-refractivity contribution < 1.29 is 14.4 Å². The second-order valence-electron chi connectivity index (χ2n) is 4.15. The number of thiophene rings is 1. The van der Waals surface area contributed by atoms with Gasteiger partial charge >= 0.3 is 0 Å². The first-order valence-electron chi connectivity index (χ1n) is 5.91. The molecule has 2 aromatic rings. The van der Waals surface area contributed by atoms with Gasteiger partial charge < -0.3 is 0 Å². The average Bonchev–Trinajstić information content (AvgIpc) is 2.87. The van der Waals surface area contributed by atoms with Gasteiger partial charge in [0.05, 0.1) is 40.7 Å². The second-order valence-corrected chi connectivity index (χ2v) is 8.85. The van der Waals surface area contributed by atoms with Crippen molar-refractivity contribution in [2.75, 3.05) is 0 Å². The van der Waals surface area contributed by atoms with Crippen molar-refractivity contribution in [1.82, 2.24) is 0 Å². The zero-order valence-corrected chi connectivity index (χ0v) is 20.3. The summed E-state index contributed by atoms with van der Waals surface area (Å²) in [6.07, 6.45) is 0. The van der Waals surface area contributed by atoms with Gasteiger partial charge in [-0.25, -0.2) is 0 Å². The van der Waals surface area contributed by atoms with Crippen LogP contribution in [0.3, 0.4) is 0 Å². The van der Waals surface area contributed by atoms with E-state index in [9.17, 15) is 14.4 Å². The van der Waals surface area contributed by atoms with Crippen molar-refractivity contribution in [3.63, 3.8) is 0 Å². The fourth-order valence-corrected chi connectivity index (χ4v) is 4.99. The summed E-state index contributed by atoms with van der Waals surface area (Å²) in [7, 11) is 0. The van der Waals surface area contributed by atoms with Crippen LogP contribution < -0.4 is 0 Å². The molecule has 0 aliphatic rings. The van der Waals surface area contributed by atoms with E-state index in [0.29, 0.717) is 0 Å². The van der Waals surface area contributed by atoms with Crippen molar-refractivity contribution in [2.45, 2.75) is 0 Å². The van der Waals surface area contributed by atoms with Crippen LogP contribution in [0.25, 0.3) is 0 Å². The normalized spacial score (nSPS) is 10.3. The summed E-state index contributed by atoms with van der Waals surface area (Å²) in [6.45, 7) is 0. The van der Waals surface area contributed by atoms with E-state index in [0.717, 1.165) is 11.3 Å². The maximum Gasteiger partial charge on any atom is 0.263 e. The molecule has 27 heavy (non-hydrogen) atoms. The Morgan fingerprint density at radius 2 is 0.778 bits per heavy atom. The first-order valence-corrected chi connectivity index (χ1v) is 10.5. The summed E-state index contributed by atoms with van der Waals surface area (Å²) in [4.78, 5) is 32.5. The Morgan fingerprint density at radius 1 is 0.481 bits per heavy atom. The third-order valence-corrected chi connectivity index (χ3v) is 7.89. The monoisotopic (exact) mass is 586 g/mol. The van der Waals surface area contributed by atoms with Gasteiger partial charge in [-0.15, -0.1) is 11.3 Å². The van der Waals surface area contributed by atoms with Crippen LogP contribution in [0.1, 0.15) is 29.7 Å². The fraction of sp³-hybridized carbons (Fsp3) is 0. The molecular formula is C13Cl10O3S. The van der Waals surface area contributed by atoms with Gasteiger partial charge in [-0.1, -0.05) is 81.2 Å². The van der Waals surface area contributed by atoms with E-state index < -0.39 is 15.7 Å². The van der Waals surface area contributed by atoms with Crippen LogP contribution in [-0.4, -0.2) is 15.7 Å². The molecule has 3 nitrogen and oxygen atoms in total. The van der Waals surface area contributed by atoms with E-state index in [4.69, 9.17) is 116 Å². The number of benzene rings is 1. The highest BCUT2D eigenvalue weighted by Gasteiger charge is 2.23. The molecule has 0 saturated carbocycles. The van der Waals surface area contributed by atoms with E-state index >= 15 is 0 Å². The van der Waals surface area contributed by atoms with Gasteiger partial charge in [0.15, 0.2) is 0 Å². The van der Waals surface area contributed by atoms with E-state index in [2.05, 4.69) is 0 Å². The maximum absolute atomic E-state index is 10.9. The Balaban J connectivity index is 0.000000271. The van der Waals surface area contributed by atoms with Gasteiger partial charge in [0.25, 0.3) is 15.7 Å². The summed E-state index contributed by atoms with van der Waals surface area (Å²) in [6, 6.07) is 0. The highest BCUT2D eigenvalue weighted by molar-refractivity contribution is 7.20. The van der Waals surface area contributed by atoms with Gasteiger partial charge in [-0.05, 0) is 34.8 Å².